The molecule has 1 aromatic carbocycles. The molecule has 0 aliphatic heterocycles. The number of benzene rings is 1. The molecule has 0 atom stereocenters. The standard InChI is InChI=1S/C14H17FO3S/c15-12-8-6-11(7-9-12)14(16)10-19(17,18)13-4-2-1-3-5-13/h6-9,13H,1-5,10H2. The lowest BCUT2D eigenvalue weighted by molar-refractivity contribution is 0.102. The molecule has 5 heteroatoms. The average molecular weight is 284 g/mol. The molecule has 0 N–H and O–H groups in total. The molecule has 2 rings (SSSR count). The first-order valence-corrected chi connectivity index (χ1v) is 8.21. The van der Waals surface area contributed by atoms with Crippen molar-refractivity contribution in [2.45, 2.75) is 37.4 Å². The Morgan fingerprint density at radius 1 is 1.11 bits per heavy atom. The van der Waals surface area contributed by atoms with Crippen LogP contribution in [0, 0.1) is 5.82 Å². The Morgan fingerprint density at radius 2 is 1.68 bits per heavy atom. The minimum atomic E-state index is -3.38. The van der Waals surface area contributed by atoms with Crippen LogP contribution in [0.25, 0.3) is 0 Å². The molecule has 0 spiro atoms. The van der Waals surface area contributed by atoms with Crippen molar-refractivity contribution in [1.82, 2.24) is 0 Å². The van der Waals surface area contributed by atoms with Crippen molar-refractivity contribution in [1.29, 1.82) is 0 Å². The van der Waals surface area contributed by atoms with Crippen LogP contribution in [-0.2, 0) is 9.84 Å². The maximum absolute atomic E-state index is 12.7. The van der Waals surface area contributed by atoms with E-state index in [2.05, 4.69) is 0 Å². The minimum absolute atomic E-state index is 0.251. The van der Waals surface area contributed by atoms with Crippen LogP contribution in [0.4, 0.5) is 4.39 Å². The molecule has 1 saturated carbocycles. The fraction of sp³-hybridized carbons (Fsp3) is 0.500. The Kier molecular flexibility index (Phi) is 4.34. The molecule has 19 heavy (non-hydrogen) atoms. The fourth-order valence-electron chi connectivity index (χ4n) is 2.44. The Balaban J connectivity index is 2.07. The summed E-state index contributed by atoms with van der Waals surface area (Å²) in [6.45, 7) is 0. The Bertz CT molecular complexity index is 543. The Labute approximate surface area is 112 Å². The van der Waals surface area contributed by atoms with Crippen LogP contribution in [0.3, 0.4) is 0 Å². The lowest BCUT2D eigenvalue weighted by Gasteiger charge is -2.21. The number of sulfone groups is 1. The highest BCUT2D eigenvalue weighted by molar-refractivity contribution is 7.92. The third-order valence-electron chi connectivity index (χ3n) is 3.56. The highest BCUT2D eigenvalue weighted by Gasteiger charge is 2.29. The van der Waals surface area contributed by atoms with Gasteiger partial charge in [0, 0.05) is 5.56 Å². The van der Waals surface area contributed by atoms with Gasteiger partial charge in [-0.05, 0) is 37.1 Å². The summed E-state index contributed by atoms with van der Waals surface area (Å²) >= 11 is 0. The highest BCUT2D eigenvalue weighted by Crippen LogP contribution is 2.24. The summed E-state index contributed by atoms with van der Waals surface area (Å²) in [5.74, 6) is -1.36. The van der Waals surface area contributed by atoms with E-state index in [-0.39, 0.29) is 10.8 Å². The van der Waals surface area contributed by atoms with E-state index in [1.54, 1.807) is 0 Å². The van der Waals surface area contributed by atoms with E-state index in [1.807, 2.05) is 0 Å². The lowest BCUT2D eigenvalue weighted by atomic mass is 10.0. The molecular formula is C14H17FO3S. The summed E-state index contributed by atoms with van der Waals surface area (Å²) in [5.41, 5.74) is 0.251. The van der Waals surface area contributed by atoms with Crippen molar-refractivity contribution < 1.29 is 17.6 Å². The van der Waals surface area contributed by atoms with Gasteiger partial charge in [0.1, 0.15) is 11.6 Å². The predicted molar refractivity (Wildman–Crippen MR) is 71.4 cm³/mol. The van der Waals surface area contributed by atoms with Gasteiger partial charge in [0.2, 0.25) is 0 Å². The summed E-state index contributed by atoms with van der Waals surface area (Å²) in [7, 11) is -3.38. The fourth-order valence-corrected chi connectivity index (χ4v) is 4.26. The largest absolute Gasteiger partial charge is 0.293 e. The first kappa shape index (κ1) is 14.2. The first-order chi connectivity index (χ1) is 8.99. The maximum Gasteiger partial charge on any atom is 0.177 e. The molecule has 1 fully saturated rings. The van der Waals surface area contributed by atoms with Crippen LogP contribution in [0.15, 0.2) is 24.3 Å². The van der Waals surface area contributed by atoms with Crippen LogP contribution in [0.1, 0.15) is 42.5 Å². The van der Waals surface area contributed by atoms with E-state index in [0.29, 0.717) is 12.8 Å². The van der Waals surface area contributed by atoms with Crippen LogP contribution in [-0.4, -0.2) is 25.2 Å². The number of carbonyl (C=O) groups is 1. The smallest absolute Gasteiger partial charge is 0.177 e. The Hall–Kier alpha value is -1.23. The minimum Gasteiger partial charge on any atom is -0.293 e. The maximum atomic E-state index is 12.7. The number of ketones is 1. The Morgan fingerprint density at radius 3 is 2.26 bits per heavy atom. The number of rotatable bonds is 4. The lowest BCUT2D eigenvalue weighted by Crippen LogP contribution is -2.29. The predicted octanol–water partition coefficient (Wildman–Crippen LogP) is 2.76. The molecule has 0 aromatic heterocycles. The molecule has 0 amide bonds. The van der Waals surface area contributed by atoms with Crippen LogP contribution in [0.2, 0.25) is 0 Å². The van der Waals surface area contributed by atoms with Gasteiger partial charge < -0.3 is 0 Å². The average Bonchev–Trinajstić information content (AvgIpc) is 2.40. The monoisotopic (exact) mass is 284 g/mol. The molecule has 0 radical (unpaired) electrons. The summed E-state index contributed by atoms with van der Waals surface area (Å²) < 4.78 is 37.0. The number of Topliss-reactive ketones (excluding diaryl/α,β-unsaturated/α-hetero) is 1. The van der Waals surface area contributed by atoms with Crippen molar-refractivity contribution in [3.63, 3.8) is 0 Å². The second-order valence-electron chi connectivity index (χ2n) is 5.00. The van der Waals surface area contributed by atoms with Crippen molar-refractivity contribution >= 4 is 15.6 Å². The topological polar surface area (TPSA) is 51.2 Å². The molecule has 0 bridgehead atoms. The van der Waals surface area contributed by atoms with Gasteiger partial charge in [-0.3, -0.25) is 4.79 Å². The number of hydrogen-bond donors (Lipinski definition) is 0. The van der Waals surface area contributed by atoms with Gasteiger partial charge in [0.25, 0.3) is 0 Å². The van der Waals surface area contributed by atoms with Crippen LogP contribution >= 0.6 is 0 Å². The van der Waals surface area contributed by atoms with Gasteiger partial charge in [-0.25, -0.2) is 12.8 Å². The third kappa shape index (κ3) is 3.62. The van der Waals surface area contributed by atoms with Crippen molar-refractivity contribution in [2.24, 2.45) is 0 Å². The third-order valence-corrected chi connectivity index (χ3v) is 5.71. The molecule has 104 valence electrons. The molecule has 1 aliphatic carbocycles. The number of halogens is 1. The molecule has 0 unspecified atom stereocenters. The first-order valence-electron chi connectivity index (χ1n) is 6.49. The van der Waals surface area contributed by atoms with Gasteiger partial charge in [-0.2, -0.15) is 0 Å². The zero-order valence-electron chi connectivity index (χ0n) is 10.6. The second-order valence-corrected chi connectivity index (χ2v) is 7.28. The molecule has 0 saturated heterocycles. The SMILES string of the molecule is O=C(CS(=O)(=O)C1CCCCC1)c1ccc(F)cc1. The van der Waals surface area contributed by atoms with Gasteiger partial charge in [-0.15, -0.1) is 0 Å². The van der Waals surface area contributed by atoms with Gasteiger partial charge >= 0.3 is 0 Å². The summed E-state index contributed by atoms with van der Waals surface area (Å²) in [6, 6.07) is 4.99. The van der Waals surface area contributed by atoms with Crippen LogP contribution in [0.5, 0.6) is 0 Å². The van der Waals surface area contributed by atoms with E-state index in [4.69, 9.17) is 0 Å². The summed E-state index contributed by atoms with van der Waals surface area (Å²) in [6.07, 6.45) is 4.19. The second kappa shape index (κ2) is 5.82. The van der Waals surface area contributed by atoms with Gasteiger partial charge in [0.15, 0.2) is 15.6 Å². The van der Waals surface area contributed by atoms with E-state index < -0.39 is 27.2 Å². The van der Waals surface area contributed by atoms with E-state index in [1.165, 1.54) is 24.3 Å². The molecule has 1 aliphatic rings. The number of hydrogen-bond acceptors (Lipinski definition) is 3. The van der Waals surface area contributed by atoms with Crippen molar-refractivity contribution in [3.8, 4) is 0 Å². The van der Waals surface area contributed by atoms with Crippen molar-refractivity contribution in [3.05, 3.63) is 35.6 Å². The van der Waals surface area contributed by atoms with Gasteiger partial charge in [-0.1, -0.05) is 19.3 Å². The van der Waals surface area contributed by atoms with Crippen LogP contribution < -0.4 is 0 Å². The highest BCUT2D eigenvalue weighted by atomic mass is 32.2. The van der Waals surface area contributed by atoms with E-state index in [0.717, 1.165) is 19.3 Å². The normalized spacial score (nSPS) is 17.3. The zero-order valence-corrected chi connectivity index (χ0v) is 11.5. The quantitative estimate of drug-likeness (QED) is 0.799. The summed E-state index contributed by atoms with van der Waals surface area (Å²) in [4.78, 5) is 11.9. The number of carbonyl (C=O) groups excluding carboxylic acids is 1. The van der Waals surface area contributed by atoms with Gasteiger partial charge in [0.05, 0.1) is 5.25 Å². The summed E-state index contributed by atoms with van der Waals surface area (Å²) in [5, 5.41) is -0.384. The van der Waals surface area contributed by atoms with E-state index >= 15 is 0 Å². The molecule has 3 nitrogen and oxygen atoms in total. The van der Waals surface area contributed by atoms with E-state index in [9.17, 15) is 17.6 Å². The molecule has 1 aromatic rings. The molecule has 0 heterocycles. The molecular weight excluding hydrogens is 267 g/mol. The zero-order chi connectivity index (χ0) is 13.9. The van der Waals surface area contributed by atoms with Crippen molar-refractivity contribution in [2.75, 3.05) is 5.75 Å².